The van der Waals surface area contributed by atoms with Gasteiger partial charge in [0.25, 0.3) is 0 Å². The molecule has 12 heteroatoms. The minimum atomic E-state index is -0.888. The van der Waals surface area contributed by atoms with Crippen LogP contribution in [0.5, 0.6) is 5.75 Å². The lowest BCUT2D eigenvalue weighted by Crippen LogP contribution is -2.50. The van der Waals surface area contributed by atoms with E-state index in [4.69, 9.17) is 24.2 Å². The Kier molecular flexibility index (Phi) is 11.7. The molecule has 45 heavy (non-hydrogen) atoms. The summed E-state index contributed by atoms with van der Waals surface area (Å²) in [4.78, 5) is 19.8. The molecule has 4 N–H and O–H groups in total. The Bertz CT molecular complexity index is 1350. The molecule has 0 aliphatic carbocycles. The summed E-state index contributed by atoms with van der Waals surface area (Å²) in [5, 5.41) is 26.7. The summed E-state index contributed by atoms with van der Waals surface area (Å²) >= 11 is 1.59. The number of hydrogen-bond donors (Lipinski definition) is 4. The van der Waals surface area contributed by atoms with E-state index < -0.39 is 18.2 Å². The van der Waals surface area contributed by atoms with Gasteiger partial charge in [-0.15, -0.1) is 11.3 Å². The van der Waals surface area contributed by atoms with Crippen molar-refractivity contribution in [3.8, 4) is 5.75 Å². The maximum Gasteiger partial charge on any atom is 0.407 e. The third-order valence-corrected chi connectivity index (χ3v) is 8.82. The Hall–Kier alpha value is -3.26. The van der Waals surface area contributed by atoms with Gasteiger partial charge >= 0.3 is 6.09 Å². The molecule has 3 heterocycles. The van der Waals surface area contributed by atoms with Gasteiger partial charge in [0.1, 0.15) is 18.5 Å². The van der Waals surface area contributed by atoms with Gasteiger partial charge in [0.05, 0.1) is 47.7 Å². The fourth-order valence-electron chi connectivity index (χ4n) is 5.82. The third kappa shape index (κ3) is 9.62. The van der Waals surface area contributed by atoms with Crippen LogP contribution in [0.15, 0.2) is 53.9 Å². The van der Waals surface area contributed by atoms with Crippen LogP contribution in [0.4, 0.5) is 10.5 Å². The first-order chi connectivity index (χ1) is 21.7. The van der Waals surface area contributed by atoms with Crippen molar-refractivity contribution in [2.24, 2.45) is 11.8 Å². The number of aliphatic hydroxyl groups excluding tert-OH is 1. The zero-order chi connectivity index (χ0) is 31.8. The topological polar surface area (TPSA) is 135 Å². The zero-order valence-electron chi connectivity index (χ0n) is 26.1. The quantitative estimate of drug-likeness (QED) is 0.173. The number of alkyl carbamates (subject to hydrolysis) is 1. The van der Waals surface area contributed by atoms with Crippen molar-refractivity contribution in [2.45, 2.75) is 71.3 Å². The van der Waals surface area contributed by atoms with Crippen molar-refractivity contribution in [3.63, 3.8) is 0 Å². The Morgan fingerprint density at radius 3 is 2.56 bits per heavy atom. The molecule has 1 aromatic heterocycles. The molecule has 3 aromatic rings. The average molecular weight is 641 g/mol. The molecular formula is C33H44N4O7S. The van der Waals surface area contributed by atoms with Crippen LogP contribution in [0.25, 0.3) is 0 Å². The lowest BCUT2D eigenvalue weighted by molar-refractivity contribution is -0.0907. The van der Waals surface area contributed by atoms with Crippen molar-refractivity contribution >= 4 is 23.1 Å². The number of carbonyl (C=O) groups is 1. The van der Waals surface area contributed by atoms with E-state index in [0.717, 1.165) is 34.8 Å². The first-order valence-electron chi connectivity index (χ1n) is 15.5. The van der Waals surface area contributed by atoms with E-state index >= 15 is 0 Å². The fraction of sp³-hybridized carbons (Fsp3) is 0.515. The van der Waals surface area contributed by atoms with E-state index in [0.29, 0.717) is 56.7 Å². The van der Waals surface area contributed by atoms with Crippen molar-refractivity contribution in [1.82, 2.24) is 15.2 Å². The van der Waals surface area contributed by atoms with Gasteiger partial charge in [0.15, 0.2) is 6.29 Å². The van der Waals surface area contributed by atoms with E-state index in [9.17, 15) is 9.90 Å². The molecule has 2 aliphatic heterocycles. The number of aryl methyl sites for hydroxylation is 1. The minimum Gasteiger partial charge on any atom is -0.487 e. The Morgan fingerprint density at radius 2 is 1.87 bits per heavy atom. The molecule has 2 aromatic carbocycles. The van der Waals surface area contributed by atoms with Crippen molar-refractivity contribution < 1.29 is 34.1 Å². The number of hydrogen-bond acceptors (Lipinski definition) is 11. The molecule has 2 aliphatic rings. The van der Waals surface area contributed by atoms with Crippen LogP contribution < -0.4 is 15.5 Å². The average Bonchev–Trinajstić information content (AvgIpc) is 3.75. The molecule has 0 radical (unpaired) electrons. The highest BCUT2D eigenvalue weighted by atomic mass is 32.1. The third-order valence-electron chi connectivity index (χ3n) is 8.00. The van der Waals surface area contributed by atoms with Crippen molar-refractivity contribution in [3.05, 3.63) is 75.7 Å². The summed E-state index contributed by atoms with van der Waals surface area (Å²) in [6, 6.07) is 14.5. The summed E-state index contributed by atoms with van der Waals surface area (Å²) in [5.74, 6) is 1.10. The maximum atomic E-state index is 13.2. The number of rotatable bonds is 15. The van der Waals surface area contributed by atoms with Crippen LogP contribution in [0, 0.1) is 18.8 Å². The van der Waals surface area contributed by atoms with Crippen LogP contribution in [-0.2, 0) is 33.8 Å². The van der Waals surface area contributed by atoms with Crippen LogP contribution in [0.2, 0.25) is 0 Å². The van der Waals surface area contributed by atoms with Crippen LogP contribution in [0.3, 0.4) is 0 Å². The summed E-state index contributed by atoms with van der Waals surface area (Å²) in [6.45, 7) is 9.20. The molecule has 2 fully saturated rings. The smallest absolute Gasteiger partial charge is 0.407 e. The summed E-state index contributed by atoms with van der Waals surface area (Å²) in [6.07, 6.45) is -1.00. The molecule has 0 bridgehead atoms. The largest absolute Gasteiger partial charge is 0.487 e. The fourth-order valence-corrected chi connectivity index (χ4v) is 6.41. The maximum absolute atomic E-state index is 13.2. The summed E-state index contributed by atoms with van der Waals surface area (Å²) < 4.78 is 22.9. The predicted octanol–water partition coefficient (Wildman–Crippen LogP) is 4.75. The second-order valence-corrected chi connectivity index (χ2v) is 13.2. The standard InChI is InChI=1S/C33H44N4O7S/c1-21(2)15-37(16-24-4-8-25(36-40)9-5-24)17-30(38)29(35-33(39)44-31-19-43-32-28(31)12-13-41-32)14-23-6-10-27(11-7-23)42-18-26-20-45-22(3)34-26/h4-11,20-21,28-32,36,38,40H,12-19H2,1-3H3,(H,35,39)/t28-,29-,30+,31+,32+/m0/s1. The number of benzene rings is 2. The number of anilines is 1. The molecule has 2 saturated heterocycles. The number of nitrogens with one attached hydrogen (secondary N) is 2. The van der Waals surface area contributed by atoms with Gasteiger partial charge in [0, 0.05) is 25.0 Å². The molecule has 5 rings (SSSR count). The summed E-state index contributed by atoms with van der Waals surface area (Å²) in [5.41, 5.74) is 5.63. The second kappa shape index (κ2) is 15.8. The van der Waals surface area contributed by atoms with E-state index in [1.54, 1.807) is 23.5 Å². The zero-order valence-corrected chi connectivity index (χ0v) is 26.9. The van der Waals surface area contributed by atoms with Gasteiger partial charge in [-0.05, 0) is 61.1 Å². The SMILES string of the molecule is Cc1nc(COc2ccc(C[C@H](NC(=O)O[C@@H]3CO[C@H]4OCC[C@H]43)[C@H](O)CN(Cc3ccc(NO)cc3)CC(C)C)cc2)cs1. The lowest BCUT2D eigenvalue weighted by atomic mass is 10.00. The molecular weight excluding hydrogens is 596 g/mol. The van der Waals surface area contributed by atoms with Gasteiger partial charge in [-0.25, -0.2) is 9.78 Å². The van der Waals surface area contributed by atoms with E-state index in [-0.39, 0.29) is 18.3 Å². The minimum absolute atomic E-state index is 0.0221. The highest BCUT2D eigenvalue weighted by Crippen LogP contribution is 2.33. The van der Waals surface area contributed by atoms with Crippen molar-refractivity contribution in [1.29, 1.82) is 0 Å². The number of nitrogens with zero attached hydrogens (tertiary/aromatic N) is 2. The number of amides is 1. The van der Waals surface area contributed by atoms with Crippen LogP contribution >= 0.6 is 11.3 Å². The monoisotopic (exact) mass is 640 g/mol. The first kappa shape index (κ1) is 33.1. The number of ether oxygens (including phenoxy) is 4. The normalized spacial score (nSPS) is 20.6. The van der Waals surface area contributed by atoms with Gasteiger partial charge in [-0.1, -0.05) is 38.1 Å². The number of aromatic nitrogens is 1. The lowest BCUT2D eigenvalue weighted by Gasteiger charge is -2.31. The molecule has 0 spiro atoms. The molecule has 244 valence electrons. The van der Waals surface area contributed by atoms with Gasteiger partial charge in [0.2, 0.25) is 0 Å². The second-order valence-electron chi connectivity index (χ2n) is 12.2. The molecule has 0 saturated carbocycles. The Morgan fingerprint density at radius 1 is 1.11 bits per heavy atom. The van der Waals surface area contributed by atoms with E-state index in [1.165, 1.54) is 0 Å². The molecule has 1 amide bonds. The number of thiazole rings is 1. The van der Waals surface area contributed by atoms with E-state index in [2.05, 4.69) is 34.5 Å². The van der Waals surface area contributed by atoms with Crippen LogP contribution in [0.1, 0.15) is 42.1 Å². The Balaban J connectivity index is 1.25. The molecule has 0 unspecified atom stereocenters. The number of carbonyl (C=O) groups excluding carboxylic acids is 1. The summed E-state index contributed by atoms with van der Waals surface area (Å²) in [7, 11) is 0. The molecule has 11 nitrogen and oxygen atoms in total. The highest BCUT2D eigenvalue weighted by molar-refractivity contribution is 7.09. The van der Waals surface area contributed by atoms with Gasteiger partial charge in [-0.3, -0.25) is 15.6 Å². The first-order valence-corrected chi connectivity index (χ1v) is 16.4. The van der Waals surface area contributed by atoms with Crippen LogP contribution in [-0.4, -0.2) is 77.1 Å². The highest BCUT2D eigenvalue weighted by Gasteiger charge is 2.44. The predicted molar refractivity (Wildman–Crippen MR) is 170 cm³/mol. The number of fused-ring (bicyclic) bond motifs is 1. The van der Waals surface area contributed by atoms with E-state index in [1.807, 2.05) is 48.7 Å². The van der Waals surface area contributed by atoms with Gasteiger partial charge in [-0.2, -0.15) is 0 Å². The Labute approximate surface area is 268 Å². The number of aliphatic hydroxyl groups is 1. The van der Waals surface area contributed by atoms with Gasteiger partial charge < -0.3 is 29.4 Å². The van der Waals surface area contributed by atoms with Crippen molar-refractivity contribution in [2.75, 3.05) is 31.8 Å². The molecule has 5 atom stereocenters.